The van der Waals surface area contributed by atoms with E-state index in [1.807, 2.05) is 0 Å². The highest BCUT2D eigenvalue weighted by atomic mass is 35.5. The van der Waals surface area contributed by atoms with Crippen molar-refractivity contribution in [2.75, 3.05) is 0 Å². The fraction of sp³-hybridized carbons (Fsp3) is 0.143. The second-order valence-electron chi connectivity index (χ2n) is 4.17. The summed E-state index contributed by atoms with van der Waals surface area (Å²) in [5, 5.41) is 11.9. The Morgan fingerprint density at radius 3 is 2.70 bits per heavy atom. The van der Waals surface area contributed by atoms with E-state index in [4.69, 9.17) is 21.1 Å². The number of carbonyl (C=O) groups is 2. The Labute approximate surface area is 120 Å². The molecule has 0 radical (unpaired) electrons. The Morgan fingerprint density at radius 2 is 2.05 bits per heavy atom. The minimum Gasteiger partial charge on any atom is -0.475 e. The van der Waals surface area contributed by atoms with E-state index in [9.17, 15) is 9.59 Å². The molecular formula is C14H12ClNO4. The molecule has 0 aliphatic rings. The molecule has 0 aliphatic heterocycles. The zero-order valence-corrected chi connectivity index (χ0v) is 11.4. The van der Waals surface area contributed by atoms with Gasteiger partial charge in [-0.05, 0) is 36.8 Å². The van der Waals surface area contributed by atoms with E-state index < -0.39 is 5.97 Å². The molecule has 0 saturated carbocycles. The number of rotatable bonds is 4. The minimum atomic E-state index is -1.15. The fourth-order valence-electron chi connectivity index (χ4n) is 1.70. The first-order chi connectivity index (χ1) is 9.49. The summed E-state index contributed by atoms with van der Waals surface area (Å²) in [6.45, 7) is 1.87. The van der Waals surface area contributed by atoms with Crippen molar-refractivity contribution in [3.05, 3.63) is 58.0 Å². The lowest BCUT2D eigenvalue weighted by atomic mass is 10.1. The van der Waals surface area contributed by atoms with Gasteiger partial charge in [-0.25, -0.2) is 4.79 Å². The van der Waals surface area contributed by atoms with Gasteiger partial charge < -0.3 is 14.8 Å². The van der Waals surface area contributed by atoms with E-state index in [1.165, 1.54) is 12.1 Å². The van der Waals surface area contributed by atoms with Crippen LogP contribution in [0.15, 0.2) is 34.7 Å². The number of furan rings is 1. The first-order valence-electron chi connectivity index (χ1n) is 5.84. The lowest BCUT2D eigenvalue weighted by Crippen LogP contribution is -2.23. The van der Waals surface area contributed by atoms with Crippen molar-refractivity contribution in [2.24, 2.45) is 0 Å². The lowest BCUT2D eigenvalue weighted by molar-refractivity contribution is 0.0660. The molecule has 1 amide bonds. The van der Waals surface area contributed by atoms with Crippen LogP contribution >= 0.6 is 11.6 Å². The normalized spacial score (nSPS) is 10.3. The first-order valence-corrected chi connectivity index (χ1v) is 6.22. The highest BCUT2D eigenvalue weighted by molar-refractivity contribution is 6.31. The van der Waals surface area contributed by atoms with Crippen LogP contribution in [0, 0.1) is 6.92 Å². The molecule has 0 spiro atoms. The summed E-state index contributed by atoms with van der Waals surface area (Å²) in [5.74, 6) is -1.23. The molecule has 6 heteroatoms. The van der Waals surface area contributed by atoms with Gasteiger partial charge in [0.15, 0.2) is 0 Å². The summed E-state index contributed by atoms with van der Waals surface area (Å²) >= 11 is 5.95. The second-order valence-corrected chi connectivity index (χ2v) is 4.57. The van der Waals surface area contributed by atoms with E-state index in [-0.39, 0.29) is 18.2 Å². The number of hydrogen-bond acceptors (Lipinski definition) is 3. The fourth-order valence-corrected chi connectivity index (χ4v) is 1.88. The Bertz CT molecular complexity index is 663. The number of nitrogens with one attached hydrogen (secondary N) is 1. The van der Waals surface area contributed by atoms with Gasteiger partial charge in [0.2, 0.25) is 5.76 Å². The number of hydrogen-bond donors (Lipinski definition) is 2. The number of benzene rings is 1. The van der Waals surface area contributed by atoms with E-state index in [0.717, 1.165) is 0 Å². The van der Waals surface area contributed by atoms with Crippen LogP contribution in [-0.2, 0) is 6.54 Å². The van der Waals surface area contributed by atoms with Gasteiger partial charge in [-0.1, -0.05) is 17.7 Å². The number of carbonyl (C=O) groups excluding carboxylic acids is 1. The molecule has 0 atom stereocenters. The molecular weight excluding hydrogens is 282 g/mol. The van der Waals surface area contributed by atoms with Crippen molar-refractivity contribution < 1.29 is 19.1 Å². The first kappa shape index (κ1) is 14.1. The van der Waals surface area contributed by atoms with Crippen molar-refractivity contribution in [1.29, 1.82) is 0 Å². The number of aromatic carboxylic acids is 1. The molecule has 1 heterocycles. The number of carboxylic acids is 1. The maximum atomic E-state index is 12.0. The van der Waals surface area contributed by atoms with Gasteiger partial charge in [0.1, 0.15) is 5.76 Å². The Balaban J connectivity index is 2.05. The third kappa shape index (κ3) is 3.00. The molecule has 5 nitrogen and oxygen atoms in total. The molecule has 1 aromatic carbocycles. The van der Waals surface area contributed by atoms with Gasteiger partial charge in [0.05, 0.1) is 6.54 Å². The molecule has 0 fully saturated rings. The molecule has 0 bridgehead atoms. The Kier molecular flexibility index (Phi) is 4.10. The van der Waals surface area contributed by atoms with E-state index >= 15 is 0 Å². The van der Waals surface area contributed by atoms with Crippen molar-refractivity contribution in [3.63, 3.8) is 0 Å². The van der Waals surface area contributed by atoms with Gasteiger partial charge >= 0.3 is 5.97 Å². The monoisotopic (exact) mass is 293 g/mol. The third-order valence-electron chi connectivity index (χ3n) is 2.81. The van der Waals surface area contributed by atoms with Gasteiger partial charge in [-0.3, -0.25) is 4.79 Å². The predicted molar refractivity (Wildman–Crippen MR) is 73.0 cm³/mol. The molecule has 2 N–H and O–H groups in total. The van der Waals surface area contributed by atoms with Crippen molar-refractivity contribution in [3.8, 4) is 0 Å². The van der Waals surface area contributed by atoms with Crippen molar-refractivity contribution >= 4 is 23.5 Å². The summed E-state index contributed by atoms with van der Waals surface area (Å²) in [6, 6.07) is 7.92. The second kappa shape index (κ2) is 5.79. The molecule has 0 unspecified atom stereocenters. The molecule has 0 saturated heterocycles. The molecule has 20 heavy (non-hydrogen) atoms. The van der Waals surface area contributed by atoms with E-state index in [2.05, 4.69) is 5.32 Å². The van der Waals surface area contributed by atoms with Crippen LogP contribution in [-0.4, -0.2) is 17.0 Å². The Hall–Kier alpha value is -2.27. The van der Waals surface area contributed by atoms with Crippen LogP contribution in [0.25, 0.3) is 0 Å². The van der Waals surface area contributed by atoms with Gasteiger partial charge in [-0.2, -0.15) is 0 Å². The molecule has 0 aliphatic carbocycles. The standard InChI is InChI=1S/C14H12ClNO4/c1-8-10(3-2-4-11(8)15)13(17)16-7-9-5-6-12(20-9)14(18)19/h2-6H,7H2,1H3,(H,16,17)(H,18,19). The third-order valence-corrected chi connectivity index (χ3v) is 3.22. The predicted octanol–water partition coefficient (Wildman–Crippen LogP) is 2.87. The lowest BCUT2D eigenvalue weighted by Gasteiger charge is -2.07. The highest BCUT2D eigenvalue weighted by Crippen LogP contribution is 2.18. The summed E-state index contributed by atoms with van der Waals surface area (Å²) in [5.41, 5.74) is 1.17. The van der Waals surface area contributed by atoms with Gasteiger partial charge in [-0.15, -0.1) is 0 Å². The summed E-state index contributed by atoms with van der Waals surface area (Å²) in [7, 11) is 0. The minimum absolute atomic E-state index is 0.109. The van der Waals surface area contributed by atoms with Crippen molar-refractivity contribution in [1.82, 2.24) is 5.32 Å². The maximum Gasteiger partial charge on any atom is 0.371 e. The van der Waals surface area contributed by atoms with E-state index in [0.29, 0.717) is 21.9 Å². The number of amides is 1. The van der Waals surface area contributed by atoms with Gasteiger partial charge in [0.25, 0.3) is 5.91 Å². The number of halogens is 1. The maximum absolute atomic E-state index is 12.0. The highest BCUT2D eigenvalue weighted by Gasteiger charge is 2.13. The number of carboxylic acid groups (broad SMARTS) is 1. The van der Waals surface area contributed by atoms with Crippen LogP contribution in [0.4, 0.5) is 0 Å². The van der Waals surface area contributed by atoms with Crippen LogP contribution in [0.5, 0.6) is 0 Å². The molecule has 104 valence electrons. The molecule has 2 aromatic rings. The van der Waals surface area contributed by atoms with E-state index in [1.54, 1.807) is 25.1 Å². The average molecular weight is 294 g/mol. The van der Waals surface area contributed by atoms with Crippen molar-refractivity contribution in [2.45, 2.75) is 13.5 Å². The molecule has 1 aromatic heterocycles. The summed E-state index contributed by atoms with van der Waals surface area (Å²) in [4.78, 5) is 22.7. The SMILES string of the molecule is Cc1c(Cl)cccc1C(=O)NCc1ccc(C(=O)O)o1. The van der Waals surface area contributed by atoms with Crippen LogP contribution < -0.4 is 5.32 Å². The Morgan fingerprint density at radius 1 is 1.30 bits per heavy atom. The summed E-state index contributed by atoms with van der Waals surface area (Å²) in [6.07, 6.45) is 0. The zero-order chi connectivity index (χ0) is 14.7. The van der Waals surface area contributed by atoms with Crippen LogP contribution in [0.2, 0.25) is 5.02 Å². The largest absolute Gasteiger partial charge is 0.475 e. The van der Waals surface area contributed by atoms with Crippen LogP contribution in [0.1, 0.15) is 32.2 Å². The smallest absolute Gasteiger partial charge is 0.371 e. The quantitative estimate of drug-likeness (QED) is 0.908. The van der Waals surface area contributed by atoms with Gasteiger partial charge in [0, 0.05) is 10.6 Å². The zero-order valence-electron chi connectivity index (χ0n) is 10.6. The summed E-state index contributed by atoms with van der Waals surface area (Å²) < 4.78 is 5.04. The topological polar surface area (TPSA) is 79.5 Å². The average Bonchev–Trinajstić information content (AvgIpc) is 2.88. The van der Waals surface area contributed by atoms with Crippen LogP contribution in [0.3, 0.4) is 0 Å². The molecule has 2 rings (SSSR count).